The first-order valence-electron chi connectivity index (χ1n) is 5.34. The van der Waals surface area contributed by atoms with Crippen molar-refractivity contribution >= 4 is 38.8 Å². The first-order valence-corrected chi connectivity index (χ1v) is 6.54. The zero-order chi connectivity index (χ0) is 12.1. The number of rotatable bonds is 5. The van der Waals surface area contributed by atoms with Gasteiger partial charge in [-0.25, -0.2) is 0 Å². The van der Waals surface area contributed by atoms with E-state index in [9.17, 15) is 0 Å². The Labute approximate surface area is 111 Å². The first-order chi connectivity index (χ1) is 7.50. The van der Waals surface area contributed by atoms with E-state index in [2.05, 4.69) is 35.1 Å². The van der Waals surface area contributed by atoms with Crippen molar-refractivity contribution in [2.75, 3.05) is 11.9 Å². The Morgan fingerprint density at radius 1 is 1.50 bits per heavy atom. The molecule has 0 amide bonds. The number of thiocarbonyl (C=S) groups is 1. The molecule has 0 bridgehead atoms. The van der Waals surface area contributed by atoms with Gasteiger partial charge in [0.2, 0.25) is 0 Å². The first kappa shape index (κ1) is 13.5. The van der Waals surface area contributed by atoms with Crippen LogP contribution in [0.4, 0.5) is 5.69 Å². The van der Waals surface area contributed by atoms with E-state index in [1.807, 2.05) is 18.2 Å². The number of benzene rings is 1. The highest BCUT2D eigenvalue weighted by atomic mass is 79.9. The van der Waals surface area contributed by atoms with Crippen molar-refractivity contribution in [1.29, 1.82) is 0 Å². The molecule has 0 radical (unpaired) electrons. The van der Waals surface area contributed by atoms with Gasteiger partial charge in [-0.15, -0.1) is 0 Å². The van der Waals surface area contributed by atoms with Crippen molar-refractivity contribution in [3.63, 3.8) is 0 Å². The smallest absolute Gasteiger partial charge is 0.105 e. The van der Waals surface area contributed by atoms with Crippen molar-refractivity contribution in [3.8, 4) is 0 Å². The van der Waals surface area contributed by atoms with Crippen LogP contribution in [0.3, 0.4) is 0 Å². The highest BCUT2D eigenvalue weighted by Gasteiger charge is 2.03. The molecule has 3 N–H and O–H groups in total. The Bertz CT molecular complexity index is 377. The van der Waals surface area contributed by atoms with Crippen LogP contribution in [-0.2, 0) is 0 Å². The zero-order valence-electron chi connectivity index (χ0n) is 9.59. The fourth-order valence-corrected chi connectivity index (χ4v) is 2.23. The number of hydrogen-bond acceptors (Lipinski definition) is 2. The van der Waals surface area contributed by atoms with Gasteiger partial charge in [0.05, 0.1) is 0 Å². The summed E-state index contributed by atoms with van der Waals surface area (Å²) in [4.78, 5) is 0.417. The molecule has 0 aromatic heterocycles. The molecule has 0 unspecified atom stereocenters. The van der Waals surface area contributed by atoms with E-state index in [1.54, 1.807) is 0 Å². The van der Waals surface area contributed by atoms with E-state index in [4.69, 9.17) is 18.0 Å². The SMILES string of the molecule is CC(C)CCNc1ccc(C(N)=S)c(Br)c1. The van der Waals surface area contributed by atoms with E-state index in [0.717, 1.165) is 28.7 Å². The summed E-state index contributed by atoms with van der Waals surface area (Å²) in [6, 6.07) is 5.94. The highest BCUT2D eigenvalue weighted by molar-refractivity contribution is 9.10. The minimum atomic E-state index is 0.417. The van der Waals surface area contributed by atoms with Crippen molar-refractivity contribution in [3.05, 3.63) is 28.2 Å². The van der Waals surface area contributed by atoms with Crippen molar-refractivity contribution in [2.24, 2.45) is 11.7 Å². The lowest BCUT2D eigenvalue weighted by atomic mass is 10.1. The van der Waals surface area contributed by atoms with Crippen LogP contribution in [0.5, 0.6) is 0 Å². The van der Waals surface area contributed by atoms with Gasteiger partial charge >= 0.3 is 0 Å². The third-order valence-corrected chi connectivity index (χ3v) is 3.16. The normalized spacial score (nSPS) is 10.5. The number of nitrogens with one attached hydrogen (secondary N) is 1. The van der Waals surface area contributed by atoms with Gasteiger partial charge in [-0.3, -0.25) is 0 Å². The summed E-state index contributed by atoms with van der Waals surface area (Å²) in [6.45, 7) is 5.41. The molecule has 0 aliphatic rings. The fraction of sp³-hybridized carbons (Fsp3) is 0.417. The maximum Gasteiger partial charge on any atom is 0.105 e. The maximum absolute atomic E-state index is 5.59. The van der Waals surface area contributed by atoms with Crippen LogP contribution < -0.4 is 11.1 Å². The maximum atomic E-state index is 5.59. The summed E-state index contributed by atoms with van der Waals surface area (Å²) in [6.07, 6.45) is 1.16. The molecule has 0 spiro atoms. The molecule has 16 heavy (non-hydrogen) atoms. The predicted molar refractivity (Wildman–Crippen MR) is 78.0 cm³/mol. The summed E-state index contributed by atoms with van der Waals surface area (Å²) >= 11 is 8.40. The third kappa shape index (κ3) is 4.10. The number of halogens is 1. The molecule has 1 rings (SSSR count). The third-order valence-electron chi connectivity index (χ3n) is 2.29. The second-order valence-electron chi connectivity index (χ2n) is 4.17. The number of anilines is 1. The summed E-state index contributed by atoms with van der Waals surface area (Å²) in [5.74, 6) is 0.715. The lowest BCUT2D eigenvalue weighted by Gasteiger charge is -2.10. The van der Waals surface area contributed by atoms with E-state index in [1.165, 1.54) is 0 Å². The Kier molecular flexibility index (Phi) is 5.22. The minimum absolute atomic E-state index is 0.417. The van der Waals surface area contributed by atoms with Crippen LogP contribution in [0, 0.1) is 5.92 Å². The summed E-state index contributed by atoms with van der Waals surface area (Å²) in [5, 5.41) is 3.37. The van der Waals surface area contributed by atoms with Gasteiger partial charge in [0, 0.05) is 22.3 Å². The van der Waals surface area contributed by atoms with Crippen LogP contribution in [0.25, 0.3) is 0 Å². The fourth-order valence-electron chi connectivity index (χ4n) is 1.33. The van der Waals surface area contributed by atoms with Gasteiger partial charge in [-0.05, 0) is 46.5 Å². The lowest BCUT2D eigenvalue weighted by molar-refractivity contribution is 0.607. The Balaban J connectivity index is 2.63. The largest absolute Gasteiger partial charge is 0.389 e. The van der Waals surface area contributed by atoms with Gasteiger partial charge in [0.1, 0.15) is 4.99 Å². The van der Waals surface area contributed by atoms with Gasteiger partial charge in [-0.2, -0.15) is 0 Å². The van der Waals surface area contributed by atoms with Gasteiger partial charge < -0.3 is 11.1 Å². The minimum Gasteiger partial charge on any atom is -0.389 e. The van der Waals surface area contributed by atoms with Crippen molar-refractivity contribution in [1.82, 2.24) is 0 Å². The summed E-state index contributed by atoms with van der Waals surface area (Å²) in [5.41, 5.74) is 7.55. The average molecular weight is 301 g/mol. The van der Waals surface area contributed by atoms with Crippen LogP contribution >= 0.6 is 28.1 Å². The Morgan fingerprint density at radius 2 is 2.19 bits per heavy atom. The van der Waals surface area contributed by atoms with E-state index < -0.39 is 0 Å². The summed E-state index contributed by atoms with van der Waals surface area (Å²) < 4.78 is 0.939. The second-order valence-corrected chi connectivity index (χ2v) is 5.46. The highest BCUT2D eigenvalue weighted by Crippen LogP contribution is 2.21. The average Bonchev–Trinajstić information content (AvgIpc) is 2.16. The topological polar surface area (TPSA) is 38.0 Å². The quantitative estimate of drug-likeness (QED) is 0.817. The van der Waals surface area contributed by atoms with Crippen molar-refractivity contribution in [2.45, 2.75) is 20.3 Å². The molecule has 1 aromatic carbocycles. The van der Waals surface area contributed by atoms with Crippen molar-refractivity contribution < 1.29 is 0 Å². The molecule has 0 saturated carbocycles. The van der Waals surface area contributed by atoms with E-state index in [-0.39, 0.29) is 0 Å². The summed E-state index contributed by atoms with van der Waals surface area (Å²) in [7, 11) is 0. The molecule has 1 aromatic rings. The zero-order valence-corrected chi connectivity index (χ0v) is 12.0. The Morgan fingerprint density at radius 3 is 2.69 bits per heavy atom. The molecular weight excluding hydrogens is 284 g/mol. The molecule has 0 heterocycles. The second kappa shape index (κ2) is 6.21. The molecular formula is C12H17BrN2S. The van der Waals surface area contributed by atoms with Crippen LogP contribution in [0.15, 0.2) is 22.7 Å². The number of nitrogens with two attached hydrogens (primary N) is 1. The molecule has 0 aliphatic heterocycles. The van der Waals surface area contributed by atoms with Gasteiger partial charge in [-0.1, -0.05) is 26.1 Å². The molecule has 0 aliphatic carbocycles. The lowest BCUT2D eigenvalue weighted by Crippen LogP contribution is -2.10. The van der Waals surface area contributed by atoms with Crippen LogP contribution in [-0.4, -0.2) is 11.5 Å². The predicted octanol–water partition coefficient (Wildman–Crippen LogP) is 3.54. The standard InChI is InChI=1S/C12H17BrN2S/c1-8(2)5-6-15-9-3-4-10(12(14)16)11(13)7-9/h3-4,7-8,15H,5-6H2,1-2H3,(H2,14,16). The van der Waals surface area contributed by atoms with Crippen LogP contribution in [0.2, 0.25) is 0 Å². The Hall–Kier alpha value is -0.610. The molecule has 88 valence electrons. The van der Waals surface area contributed by atoms with Gasteiger partial charge in [0.25, 0.3) is 0 Å². The molecule has 4 heteroatoms. The monoisotopic (exact) mass is 300 g/mol. The van der Waals surface area contributed by atoms with Gasteiger partial charge in [0.15, 0.2) is 0 Å². The molecule has 0 saturated heterocycles. The van der Waals surface area contributed by atoms with E-state index >= 15 is 0 Å². The van der Waals surface area contributed by atoms with Crippen LogP contribution in [0.1, 0.15) is 25.8 Å². The molecule has 0 fully saturated rings. The molecule has 0 atom stereocenters. The van der Waals surface area contributed by atoms with E-state index in [0.29, 0.717) is 10.9 Å². The number of hydrogen-bond donors (Lipinski definition) is 2. The molecule has 2 nitrogen and oxygen atoms in total.